The molecule has 1 aliphatic heterocycles. The van der Waals surface area contributed by atoms with E-state index in [-0.39, 0.29) is 35.1 Å². The van der Waals surface area contributed by atoms with E-state index >= 15 is 0 Å². The highest BCUT2D eigenvalue weighted by Crippen LogP contribution is 2.35. The fourth-order valence-electron chi connectivity index (χ4n) is 2.54. The predicted octanol–water partition coefficient (Wildman–Crippen LogP) is 3.03. The maximum atomic E-state index is 13.2. The third-order valence-electron chi connectivity index (χ3n) is 3.46. The molecule has 2 amide bonds. The van der Waals surface area contributed by atoms with Crippen molar-refractivity contribution in [1.82, 2.24) is 5.32 Å². The normalized spacial score (nSPS) is 23.3. The first-order valence-corrected chi connectivity index (χ1v) is 6.69. The lowest BCUT2D eigenvalue weighted by atomic mass is 9.78. The second-order valence-electron chi connectivity index (χ2n) is 4.79. The van der Waals surface area contributed by atoms with Crippen LogP contribution in [0.5, 0.6) is 0 Å². The van der Waals surface area contributed by atoms with E-state index in [9.17, 15) is 14.0 Å². The van der Waals surface area contributed by atoms with Crippen LogP contribution in [-0.4, -0.2) is 11.8 Å². The predicted molar refractivity (Wildman–Crippen MR) is 70.3 cm³/mol. The molecule has 19 heavy (non-hydrogen) atoms. The van der Waals surface area contributed by atoms with E-state index < -0.39 is 5.82 Å². The topological polar surface area (TPSA) is 46.2 Å². The van der Waals surface area contributed by atoms with Crippen molar-refractivity contribution >= 4 is 23.4 Å². The Labute approximate surface area is 116 Å². The minimum Gasteiger partial charge on any atom is -0.296 e. The van der Waals surface area contributed by atoms with Crippen molar-refractivity contribution in [2.45, 2.75) is 32.1 Å². The molecule has 1 saturated heterocycles. The number of halogens is 2. The molecule has 2 rings (SSSR count). The molecule has 1 heterocycles. The molecule has 2 unspecified atom stereocenters. The van der Waals surface area contributed by atoms with Crippen molar-refractivity contribution in [1.29, 1.82) is 0 Å². The number of hydrogen-bond acceptors (Lipinski definition) is 2. The molecule has 0 radical (unpaired) electrons. The molecular formula is C14H15ClFNO2. The monoisotopic (exact) mass is 283 g/mol. The lowest BCUT2D eigenvalue weighted by Gasteiger charge is -2.30. The number of carbonyl (C=O) groups excluding carboxylic acids is 2. The van der Waals surface area contributed by atoms with Gasteiger partial charge in [0.2, 0.25) is 11.8 Å². The summed E-state index contributed by atoms with van der Waals surface area (Å²) in [7, 11) is 0. The van der Waals surface area contributed by atoms with Gasteiger partial charge in [0.15, 0.2) is 0 Å². The summed E-state index contributed by atoms with van der Waals surface area (Å²) in [6.07, 6.45) is 1.77. The fraction of sp³-hybridized carbons (Fsp3) is 0.429. The Morgan fingerprint density at radius 2 is 2.16 bits per heavy atom. The van der Waals surface area contributed by atoms with E-state index in [0.29, 0.717) is 6.42 Å². The number of imide groups is 1. The van der Waals surface area contributed by atoms with Crippen LogP contribution in [0, 0.1) is 11.7 Å². The molecule has 5 heteroatoms. The van der Waals surface area contributed by atoms with E-state index in [1.165, 1.54) is 12.1 Å². The third-order valence-corrected chi connectivity index (χ3v) is 3.75. The van der Waals surface area contributed by atoms with E-state index in [2.05, 4.69) is 5.32 Å². The number of piperidine rings is 1. The molecule has 0 aliphatic carbocycles. The maximum absolute atomic E-state index is 13.2. The zero-order valence-electron chi connectivity index (χ0n) is 10.6. The molecule has 0 bridgehead atoms. The molecule has 0 spiro atoms. The van der Waals surface area contributed by atoms with Crippen LogP contribution in [0.2, 0.25) is 5.02 Å². The van der Waals surface area contributed by atoms with E-state index in [4.69, 9.17) is 11.6 Å². The summed E-state index contributed by atoms with van der Waals surface area (Å²) in [5, 5.41) is 2.37. The van der Waals surface area contributed by atoms with Crippen LogP contribution < -0.4 is 5.32 Å². The molecule has 2 atom stereocenters. The molecule has 1 aromatic carbocycles. The first-order chi connectivity index (χ1) is 9.02. The first kappa shape index (κ1) is 14.0. The second kappa shape index (κ2) is 5.70. The maximum Gasteiger partial charge on any atom is 0.230 e. The SMILES string of the molecule is CCCC1C(=O)NC(=O)CC1c1ccc(F)c(Cl)c1. The molecule has 102 valence electrons. The molecule has 3 nitrogen and oxygen atoms in total. The fourth-order valence-corrected chi connectivity index (χ4v) is 2.73. The number of hydrogen-bond donors (Lipinski definition) is 1. The van der Waals surface area contributed by atoms with Crippen LogP contribution in [0.15, 0.2) is 18.2 Å². The Kier molecular flexibility index (Phi) is 4.20. The van der Waals surface area contributed by atoms with E-state index in [0.717, 1.165) is 12.0 Å². The quantitative estimate of drug-likeness (QED) is 0.867. The van der Waals surface area contributed by atoms with Gasteiger partial charge in [-0.05, 0) is 24.1 Å². The van der Waals surface area contributed by atoms with Gasteiger partial charge >= 0.3 is 0 Å². The number of carbonyl (C=O) groups is 2. The molecule has 0 aromatic heterocycles. The van der Waals surface area contributed by atoms with Gasteiger partial charge in [-0.3, -0.25) is 14.9 Å². The summed E-state index contributed by atoms with van der Waals surface area (Å²) in [4.78, 5) is 23.4. The highest BCUT2D eigenvalue weighted by molar-refractivity contribution is 6.30. The largest absolute Gasteiger partial charge is 0.296 e. The number of nitrogens with one attached hydrogen (secondary N) is 1. The molecule has 0 saturated carbocycles. The average molecular weight is 284 g/mol. The van der Waals surface area contributed by atoms with Gasteiger partial charge in [0.05, 0.1) is 5.02 Å². The molecular weight excluding hydrogens is 269 g/mol. The van der Waals surface area contributed by atoms with Crippen molar-refractivity contribution in [2.24, 2.45) is 5.92 Å². The van der Waals surface area contributed by atoms with Crippen molar-refractivity contribution in [3.63, 3.8) is 0 Å². The number of benzene rings is 1. The van der Waals surface area contributed by atoms with Crippen LogP contribution in [0.4, 0.5) is 4.39 Å². The third kappa shape index (κ3) is 2.95. The van der Waals surface area contributed by atoms with Crippen LogP contribution in [-0.2, 0) is 9.59 Å². The van der Waals surface area contributed by atoms with Gasteiger partial charge in [0, 0.05) is 18.3 Å². The Morgan fingerprint density at radius 1 is 1.42 bits per heavy atom. The van der Waals surface area contributed by atoms with Crippen LogP contribution in [0.1, 0.15) is 37.7 Å². The molecule has 1 N–H and O–H groups in total. The summed E-state index contributed by atoms with van der Waals surface area (Å²) in [5.41, 5.74) is 0.744. The number of rotatable bonds is 3. The van der Waals surface area contributed by atoms with Crippen LogP contribution in [0.25, 0.3) is 0 Å². The van der Waals surface area contributed by atoms with Gasteiger partial charge in [0.25, 0.3) is 0 Å². The molecule has 1 aromatic rings. The molecule has 1 fully saturated rings. The van der Waals surface area contributed by atoms with Gasteiger partial charge in [-0.2, -0.15) is 0 Å². The van der Waals surface area contributed by atoms with Crippen LogP contribution in [0.3, 0.4) is 0 Å². The van der Waals surface area contributed by atoms with Gasteiger partial charge in [0.1, 0.15) is 5.82 Å². The smallest absolute Gasteiger partial charge is 0.230 e. The van der Waals surface area contributed by atoms with Crippen molar-refractivity contribution in [2.75, 3.05) is 0 Å². The zero-order chi connectivity index (χ0) is 14.0. The van der Waals surface area contributed by atoms with Gasteiger partial charge in [-0.25, -0.2) is 4.39 Å². The van der Waals surface area contributed by atoms with Crippen LogP contribution >= 0.6 is 11.6 Å². The summed E-state index contributed by atoms with van der Waals surface area (Å²) < 4.78 is 13.2. The lowest BCUT2D eigenvalue weighted by molar-refractivity contribution is -0.137. The van der Waals surface area contributed by atoms with Crippen molar-refractivity contribution in [3.05, 3.63) is 34.6 Å². The average Bonchev–Trinajstić information content (AvgIpc) is 2.36. The summed E-state index contributed by atoms with van der Waals surface area (Å²) in [5.74, 6) is -1.51. The first-order valence-electron chi connectivity index (χ1n) is 6.31. The lowest BCUT2D eigenvalue weighted by Crippen LogP contribution is -2.44. The Hall–Kier alpha value is -1.42. The van der Waals surface area contributed by atoms with Gasteiger partial charge < -0.3 is 0 Å². The Bertz CT molecular complexity index is 518. The summed E-state index contributed by atoms with van der Waals surface area (Å²) in [6, 6.07) is 4.38. The second-order valence-corrected chi connectivity index (χ2v) is 5.20. The minimum atomic E-state index is -0.496. The molecule has 1 aliphatic rings. The summed E-state index contributed by atoms with van der Waals surface area (Å²) in [6.45, 7) is 1.98. The highest BCUT2D eigenvalue weighted by Gasteiger charge is 2.36. The van der Waals surface area contributed by atoms with Gasteiger partial charge in [-0.15, -0.1) is 0 Å². The van der Waals surface area contributed by atoms with Crippen molar-refractivity contribution in [3.8, 4) is 0 Å². The standard InChI is InChI=1S/C14H15ClFNO2/c1-2-3-9-10(7-13(18)17-14(9)19)8-4-5-12(16)11(15)6-8/h4-6,9-10H,2-3,7H2,1H3,(H,17,18,19). The van der Waals surface area contributed by atoms with E-state index in [1.807, 2.05) is 6.92 Å². The Morgan fingerprint density at radius 3 is 2.79 bits per heavy atom. The Balaban J connectivity index is 2.34. The minimum absolute atomic E-state index is 0.0196. The van der Waals surface area contributed by atoms with Gasteiger partial charge in [-0.1, -0.05) is 31.0 Å². The van der Waals surface area contributed by atoms with Crippen molar-refractivity contribution < 1.29 is 14.0 Å². The van der Waals surface area contributed by atoms with E-state index in [1.54, 1.807) is 6.07 Å². The summed E-state index contributed by atoms with van der Waals surface area (Å²) >= 11 is 5.77. The number of amides is 2. The highest BCUT2D eigenvalue weighted by atomic mass is 35.5. The zero-order valence-corrected chi connectivity index (χ0v) is 11.3.